The van der Waals surface area contributed by atoms with Crippen LogP contribution in [-0.4, -0.2) is 64.2 Å². The first-order valence-corrected chi connectivity index (χ1v) is 8.08. The van der Waals surface area contributed by atoms with E-state index in [0.29, 0.717) is 19.0 Å². The second-order valence-corrected chi connectivity index (χ2v) is 5.79. The van der Waals surface area contributed by atoms with Crippen LogP contribution in [0.1, 0.15) is 0 Å². The van der Waals surface area contributed by atoms with Gasteiger partial charge >= 0.3 is 0 Å². The number of carbonyl (C=O) groups excluding carboxylic acids is 1. The Morgan fingerprint density at radius 1 is 1.12 bits per heavy atom. The zero-order chi connectivity index (χ0) is 17.2. The van der Waals surface area contributed by atoms with Gasteiger partial charge in [-0.2, -0.15) is 0 Å². The van der Waals surface area contributed by atoms with Gasteiger partial charge in [-0.25, -0.2) is 14.5 Å². The van der Waals surface area contributed by atoms with Crippen molar-refractivity contribution in [2.24, 2.45) is 0 Å². The summed E-state index contributed by atoms with van der Waals surface area (Å²) in [7, 11) is 1.60. The standard InChI is InChI=1S/C17H18N6O2/c1-25-17-13(3-2-6-18-17)14-11-19-15-4-5-16(20-23(14)15)22-9-7-21(12-24)8-10-22/h2-6,11-12H,7-10H2,1H3. The molecule has 0 bridgehead atoms. The molecule has 1 saturated heterocycles. The maximum Gasteiger partial charge on any atom is 0.222 e. The number of rotatable bonds is 4. The molecule has 1 aliphatic heterocycles. The SMILES string of the molecule is COc1ncccc1-c1cnc2ccc(N3CCN(C=O)CC3)nn12. The number of anilines is 1. The Hall–Kier alpha value is -3.16. The topological polar surface area (TPSA) is 75.9 Å². The van der Waals surface area contributed by atoms with Crippen molar-refractivity contribution in [3.63, 3.8) is 0 Å². The van der Waals surface area contributed by atoms with Gasteiger partial charge in [0, 0.05) is 32.4 Å². The van der Waals surface area contributed by atoms with E-state index in [2.05, 4.69) is 14.9 Å². The third kappa shape index (κ3) is 2.75. The van der Waals surface area contributed by atoms with Gasteiger partial charge in [0.05, 0.1) is 24.6 Å². The third-order valence-electron chi connectivity index (χ3n) is 4.38. The van der Waals surface area contributed by atoms with E-state index in [-0.39, 0.29) is 0 Å². The van der Waals surface area contributed by atoms with Crippen molar-refractivity contribution in [1.29, 1.82) is 0 Å². The van der Waals surface area contributed by atoms with Gasteiger partial charge < -0.3 is 14.5 Å². The molecule has 1 aliphatic rings. The van der Waals surface area contributed by atoms with Crippen molar-refractivity contribution in [1.82, 2.24) is 24.5 Å². The Kier molecular flexibility index (Phi) is 3.93. The number of fused-ring (bicyclic) bond motifs is 1. The Balaban J connectivity index is 1.72. The van der Waals surface area contributed by atoms with Crippen LogP contribution in [0.3, 0.4) is 0 Å². The molecule has 4 heterocycles. The zero-order valence-electron chi connectivity index (χ0n) is 13.9. The predicted octanol–water partition coefficient (Wildman–Crippen LogP) is 1.08. The molecule has 0 atom stereocenters. The largest absolute Gasteiger partial charge is 0.481 e. The minimum absolute atomic E-state index is 0.538. The fourth-order valence-electron chi connectivity index (χ4n) is 3.02. The van der Waals surface area contributed by atoms with Crippen LogP contribution < -0.4 is 9.64 Å². The number of hydrogen-bond donors (Lipinski definition) is 0. The molecule has 0 aliphatic carbocycles. The molecule has 4 rings (SSSR count). The summed E-state index contributed by atoms with van der Waals surface area (Å²) in [5, 5.41) is 4.75. The molecule has 1 amide bonds. The summed E-state index contributed by atoms with van der Waals surface area (Å²) >= 11 is 0. The maximum atomic E-state index is 10.9. The molecule has 0 aromatic carbocycles. The average molecular weight is 338 g/mol. The molecule has 3 aromatic heterocycles. The molecule has 1 fully saturated rings. The van der Waals surface area contributed by atoms with Crippen LogP contribution >= 0.6 is 0 Å². The second-order valence-electron chi connectivity index (χ2n) is 5.79. The second kappa shape index (κ2) is 6.39. The summed E-state index contributed by atoms with van der Waals surface area (Å²) in [6, 6.07) is 7.70. The van der Waals surface area contributed by atoms with Gasteiger partial charge in [0.2, 0.25) is 12.3 Å². The first-order chi connectivity index (χ1) is 12.3. The quantitative estimate of drug-likeness (QED) is 0.663. The highest BCUT2D eigenvalue weighted by molar-refractivity contribution is 5.68. The third-order valence-corrected chi connectivity index (χ3v) is 4.38. The van der Waals surface area contributed by atoms with Gasteiger partial charge in [-0.3, -0.25) is 4.79 Å². The number of amides is 1. The number of carbonyl (C=O) groups is 1. The highest BCUT2D eigenvalue weighted by atomic mass is 16.5. The first kappa shape index (κ1) is 15.4. The van der Waals surface area contributed by atoms with Crippen LogP contribution in [0, 0.1) is 0 Å². The lowest BCUT2D eigenvalue weighted by Crippen LogP contribution is -2.46. The highest BCUT2D eigenvalue weighted by Gasteiger charge is 2.19. The molecule has 0 radical (unpaired) electrons. The van der Waals surface area contributed by atoms with Gasteiger partial charge in [-0.1, -0.05) is 0 Å². The van der Waals surface area contributed by atoms with Crippen LogP contribution in [0.25, 0.3) is 16.9 Å². The van der Waals surface area contributed by atoms with Crippen LogP contribution in [0.15, 0.2) is 36.7 Å². The van der Waals surface area contributed by atoms with Crippen molar-refractivity contribution in [2.75, 3.05) is 38.2 Å². The fraction of sp³-hybridized carbons (Fsp3) is 0.294. The summed E-state index contributed by atoms with van der Waals surface area (Å²) < 4.78 is 7.17. The van der Waals surface area contributed by atoms with E-state index in [1.54, 1.807) is 28.9 Å². The maximum absolute atomic E-state index is 10.9. The van der Waals surface area contributed by atoms with Gasteiger partial charge in [0.15, 0.2) is 5.65 Å². The Bertz CT molecular complexity index is 901. The number of piperazine rings is 1. The number of hydrogen-bond acceptors (Lipinski definition) is 6. The van der Waals surface area contributed by atoms with Gasteiger partial charge in [0.1, 0.15) is 5.82 Å². The number of nitrogens with zero attached hydrogens (tertiary/aromatic N) is 6. The van der Waals surface area contributed by atoms with E-state index in [1.807, 2.05) is 24.3 Å². The molecule has 128 valence electrons. The number of ether oxygens (including phenoxy) is 1. The minimum Gasteiger partial charge on any atom is -0.481 e. The fourth-order valence-corrected chi connectivity index (χ4v) is 3.02. The lowest BCUT2D eigenvalue weighted by molar-refractivity contribution is -0.118. The van der Waals surface area contributed by atoms with Crippen molar-refractivity contribution < 1.29 is 9.53 Å². The molecule has 0 N–H and O–H groups in total. The minimum atomic E-state index is 0.538. The lowest BCUT2D eigenvalue weighted by Gasteiger charge is -2.33. The number of pyridine rings is 1. The summed E-state index contributed by atoms with van der Waals surface area (Å²) in [5.41, 5.74) is 2.43. The van der Waals surface area contributed by atoms with Crippen LogP contribution in [0.4, 0.5) is 5.82 Å². The Labute approximate surface area is 144 Å². The van der Waals surface area contributed by atoms with Crippen molar-refractivity contribution in [3.8, 4) is 17.1 Å². The monoisotopic (exact) mass is 338 g/mol. The number of methoxy groups -OCH3 is 1. The van der Waals surface area contributed by atoms with Gasteiger partial charge in [0.25, 0.3) is 0 Å². The predicted molar refractivity (Wildman–Crippen MR) is 92.6 cm³/mol. The van der Waals surface area contributed by atoms with Gasteiger partial charge in [-0.05, 0) is 24.3 Å². The molecule has 8 nitrogen and oxygen atoms in total. The Morgan fingerprint density at radius 2 is 1.96 bits per heavy atom. The lowest BCUT2D eigenvalue weighted by atomic mass is 10.2. The number of imidazole rings is 1. The van der Waals surface area contributed by atoms with Crippen molar-refractivity contribution in [3.05, 3.63) is 36.7 Å². The van der Waals surface area contributed by atoms with Crippen molar-refractivity contribution >= 4 is 17.9 Å². The van der Waals surface area contributed by atoms with E-state index < -0.39 is 0 Å². The summed E-state index contributed by atoms with van der Waals surface area (Å²) in [5.74, 6) is 1.40. The average Bonchev–Trinajstić information content (AvgIpc) is 3.11. The molecule has 3 aromatic rings. The van der Waals surface area contributed by atoms with E-state index >= 15 is 0 Å². The molecule has 0 saturated carbocycles. The molecular weight excluding hydrogens is 320 g/mol. The van der Waals surface area contributed by atoms with Crippen LogP contribution in [-0.2, 0) is 4.79 Å². The molecule has 25 heavy (non-hydrogen) atoms. The zero-order valence-corrected chi connectivity index (χ0v) is 13.9. The summed E-state index contributed by atoms with van der Waals surface area (Å²) in [4.78, 5) is 23.5. The smallest absolute Gasteiger partial charge is 0.222 e. The molecule has 0 unspecified atom stereocenters. The normalized spacial score (nSPS) is 14.8. The summed E-state index contributed by atoms with van der Waals surface area (Å²) in [6.45, 7) is 2.93. The van der Waals surface area contributed by atoms with Gasteiger partial charge in [-0.15, -0.1) is 5.10 Å². The van der Waals surface area contributed by atoms with E-state index in [9.17, 15) is 4.79 Å². The Morgan fingerprint density at radius 3 is 2.72 bits per heavy atom. The molecular formula is C17H18N6O2. The highest BCUT2D eigenvalue weighted by Crippen LogP contribution is 2.28. The van der Waals surface area contributed by atoms with E-state index in [0.717, 1.165) is 42.2 Å². The first-order valence-electron chi connectivity index (χ1n) is 8.08. The van der Waals surface area contributed by atoms with E-state index in [4.69, 9.17) is 9.84 Å². The van der Waals surface area contributed by atoms with E-state index in [1.165, 1.54) is 0 Å². The summed E-state index contributed by atoms with van der Waals surface area (Å²) in [6.07, 6.45) is 4.36. The number of aromatic nitrogens is 4. The molecule has 0 spiro atoms. The van der Waals surface area contributed by atoms with Crippen molar-refractivity contribution in [2.45, 2.75) is 0 Å². The van der Waals surface area contributed by atoms with Crippen LogP contribution in [0.5, 0.6) is 5.88 Å². The van der Waals surface area contributed by atoms with Crippen LogP contribution in [0.2, 0.25) is 0 Å². The molecule has 8 heteroatoms.